The predicted molar refractivity (Wildman–Crippen MR) is 102 cm³/mol. The van der Waals surface area contributed by atoms with Crippen molar-refractivity contribution in [2.75, 3.05) is 18.4 Å². The number of piperidine rings is 1. The number of thiazole rings is 2. The second kappa shape index (κ2) is 7.98. The van der Waals surface area contributed by atoms with Gasteiger partial charge in [-0.15, -0.1) is 22.7 Å². The highest BCUT2D eigenvalue weighted by atomic mass is 32.1. The molecule has 0 aromatic carbocycles. The largest absolute Gasteiger partial charge is 0.317 e. The molecule has 4 rings (SSSR count). The number of carbonyl (C=O) groups is 1. The molecule has 134 valence electrons. The van der Waals surface area contributed by atoms with E-state index >= 15 is 0 Å². The summed E-state index contributed by atoms with van der Waals surface area (Å²) in [5, 5.41) is 9.56. The third kappa shape index (κ3) is 4.12. The van der Waals surface area contributed by atoms with Crippen molar-refractivity contribution < 1.29 is 4.79 Å². The van der Waals surface area contributed by atoms with Crippen LogP contribution in [0.3, 0.4) is 0 Å². The maximum absolute atomic E-state index is 12.3. The minimum Gasteiger partial charge on any atom is -0.317 e. The monoisotopic (exact) mass is 386 g/mol. The Labute approximate surface area is 159 Å². The van der Waals surface area contributed by atoms with Crippen molar-refractivity contribution in [1.29, 1.82) is 0 Å². The lowest BCUT2D eigenvalue weighted by atomic mass is 9.97. The fraction of sp³-hybridized carbons (Fsp3) is 0.353. The van der Waals surface area contributed by atoms with Crippen LogP contribution < -0.4 is 10.6 Å². The summed E-state index contributed by atoms with van der Waals surface area (Å²) in [5.74, 6) is 0.444. The number of nitrogens with zero attached hydrogens (tertiary/aromatic N) is 4. The number of nitrogens with one attached hydrogen (secondary N) is 2. The fourth-order valence-electron chi connectivity index (χ4n) is 2.88. The summed E-state index contributed by atoms with van der Waals surface area (Å²) in [4.78, 5) is 30.6. The zero-order valence-electron chi connectivity index (χ0n) is 14.0. The van der Waals surface area contributed by atoms with Gasteiger partial charge in [-0.25, -0.2) is 9.97 Å². The molecule has 9 heteroatoms. The van der Waals surface area contributed by atoms with Gasteiger partial charge in [-0.05, 0) is 31.8 Å². The topological polar surface area (TPSA) is 92.7 Å². The van der Waals surface area contributed by atoms with Crippen molar-refractivity contribution in [2.45, 2.75) is 25.2 Å². The minimum absolute atomic E-state index is 0.104. The Bertz CT molecular complexity index is 872. The van der Waals surface area contributed by atoms with Crippen molar-refractivity contribution in [3.63, 3.8) is 0 Å². The Balaban J connectivity index is 1.36. The number of anilines is 1. The third-order valence-electron chi connectivity index (χ3n) is 4.19. The molecule has 4 heterocycles. The standard InChI is InChI=1S/C17H18N6OS2/c24-15(7-12-10-25-16(22-12)13-8-19-5-6-20-13)23-17-21-9-14(26-17)11-1-3-18-4-2-11/h5-6,8-11,18H,1-4,7H2,(H,21,23,24). The molecule has 1 aliphatic heterocycles. The minimum atomic E-state index is -0.104. The highest BCUT2D eigenvalue weighted by Crippen LogP contribution is 2.31. The van der Waals surface area contributed by atoms with Crippen LogP contribution in [0.4, 0.5) is 5.13 Å². The van der Waals surface area contributed by atoms with Gasteiger partial charge in [0, 0.05) is 28.8 Å². The molecule has 3 aromatic rings. The molecular formula is C17H18N6OS2. The van der Waals surface area contributed by atoms with Crippen LogP contribution in [-0.4, -0.2) is 38.9 Å². The first-order valence-corrected chi connectivity index (χ1v) is 10.1. The van der Waals surface area contributed by atoms with E-state index in [1.165, 1.54) is 16.2 Å². The summed E-state index contributed by atoms with van der Waals surface area (Å²) in [7, 11) is 0. The molecule has 0 atom stereocenters. The van der Waals surface area contributed by atoms with Crippen LogP contribution in [0.15, 0.2) is 30.2 Å². The normalized spacial score (nSPS) is 15.1. The number of carbonyl (C=O) groups excluding carboxylic acids is 1. The molecule has 0 saturated carbocycles. The summed E-state index contributed by atoms with van der Waals surface area (Å²) in [5.41, 5.74) is 1.44. The van der Waals surface area contributed by atoms with E-state index in [1.807, 2.05) is 11.6 Å². The van der Waals surface area contributed by atoms with Gasteiger partial charge in [-0.1, -0.05) is 0 Å². The van der Waals surface area contributed by atoms with Crippen LogP contribution in [0.5, 0.6) is 0 Å². The van der Waals surface area contributed by atoms with Gasteiger partial charge in [0.15, 0.2) is 5.13 Å². The van der Waals surface area contributed by atoms with Crippen molar-refractivity contribution >= 4 is 33.7 Å². The Morgan fingerprint density at radius 1 is 1.23 bits per heavy atom. The molecule has 1 amide bonds. The van der Waals surface area contributed by atoms with Gasteiger partial charge in [0.1, 0.15) is 10.7 Å². The molecule has 0 spiro atoms. The number of aromatic nitrogens is 4. The van der Waals surface area contributed by atoms with Gasteiger partial charge in [-0.3, -0.25) is 14.8 Å². The van der Waals surface area contributed by atoms with Gasteiger partial charge in [-0.2, -0.15) is 0 Å². The van der Waals surface area contributed by atoms with E-state index in [2.05, 4.69) is 30.6 Å². The molecule has 1 saturated heterocycles. The van der Waals surface area contributed by atoms with E-state index in [0.717, 1.165) is 42.3 Å². The molecule has 26 heavy (non-hydrogen) atoms. The summed E-state index contributed by atoms with van der Waals surface area (Å²) < 4.78 is 0. The zero-order valence-corrected chi connectivity index (χ0v) is 15.6. The van der Waals surface area contributed by atoms with E-state index in [0.29, 0.717) is 11.0 Å². The first-order valence-electron chi connectivity index (χ1n) is 8.45. The average Bonchev–Trinajstić information content (AvgIpc) is 3.33. The lowest BCUT2D eigenvalue weighted by Gasteiger charge is -2.20. The van der Waals surface area contributed by atoms with Gasteiger partial charge >= 0.3 is 0 Å². The van der Waals surface area contributed by atoms with E-state index in [-0.39, 0.29) is 12.3 Å². The van der Waals surface area contributed by atoms with Crippen LogP contribution >= 0.6 is 22.7 Å². The van der Waals surface area contributed by atoms with Crippen LogP contribution in [0, 0.1) is 0 Å². The molecule has 0 bridgehead atoms. The first kappa shape index (κ1) is 17.2. The van der Waals surface area contributed by atoms with Crippen LogP contribution in [0.25, 0.3) is 10.7 Å². The molecule has 7 nitrogen and oxygen atoms in total. The molecule has 0 aliphatic carbocycles. The van der Waals surface area contributed by atoms with Gasteiger partial charge in [0.25, 0.3) is 0 Å². The van der Waals surface area contributed by atoms with E-state index in [4.69, 9.17) is 0 Å². The highest BCUT2D eigenvalue weighted by Gasteiger charge is 2.18. The maximum Gasteiger partial charge on any atom is 0.232 e. The second-order valence-electron chi connectivity index (χ2n) is 6.05. The van der Waals surface area contributed by atoms with Gasteiger partial charge in [0.2, 0.25) is 5.91 Å². The van der Waals surface area contributed by atoms with Crippen molar-refractivity contribution in [2.24, 2.45) is 0 Å². The SMILES string of the molecule is O=C(Cc1csc(-c2cnccn2)n1)Nc1ncc(C2CCNCC2)s1. The van der Waals surface area contributed by atoms with Crippen molar-refractivity contribution in [3.8, 4) is 10.7 Å². The Morgan fingerprint density at radius 2 is 2.12 bits per heavy atom. The third-order valence-corrected chi connectivity index (χ3v) is 6.18. The van der Waals surface area contributed by atoms with Crippen LogP contribution in [0.2, 0.25) is 0 Å². The number of amides is 1. The zero-order chi connectivity index (χ0) is 17.8. The molecule has 3 aromatic heterocycles. The second-order valence-corrected chi connectivity index (χ2v) is 7.97. The lowest BCUT2D eigenvalue weighted by Crippen LogP contribution is -2.26. The van der Waals surface area contributed by atoms with Crippen molar-refractivity contribution in [3.05, 3.63) is 40.7 Å². The average molecular weight is 387 g/mol. The van der Waals surface area contributed by atoms with Gasteiger partial charge < -0.3 is 10.6 Å². The van der Waals surface area contributed by atoms with E-state index in [9.17, 15) is 4.79 Å². The molecule has 2 N–H and O–H groups in total. The Morgan fingerprint density at radius 3 is 2.92 bits per heavy atom. The number of hydrogen-bond donors (Lipinski definition) is 2. The summed E-state index contributed by atoms with van der Waals surface area (Å²) in [6.07, 6.45) is 9.28. The fourth-order valence-corrected chi connectivity index (χ4v) is 4.66. The molecular weight excluding hydrogens is 368 g/mol. The Hall–Kier alpha value is -2.23. The smallest absolute Gasteiger partial charge is 0.232 e. The molecule has 0 unspecified atom stereocenters. The summed E-state index contributed by atoms with van der Waals surface area (Å²) in [6, 6.07) is 0. The molecule has 0 radical (unpaired) electrons. The lowest BCUT2D eigenvalue weighted by molar-refractivity contribution is -0.115. The molecule has 1 aliphatic rings. The highest BCUT2D eigenvalue weighted by molar-refractivity contribution is 7.15. The summed E-state index contributed by atoms with van der Waals surface area (Å²) in [6.45, 7) is 2.09. The van der Waals surface area contributed by atoms with Crippen LogP contribution in [0.1, 0.15) is 29.3 Å². The quantitative estimate of drug-likeness (QED) is 0.700. The van der Waals surface area contributed by atoms with Crippen LogP contribution in [-0.2, 0) is 11.2 Å². The van der Waals surface area contributed by atoms with Gasteiger partial charge in [0.05, 0.1) is 18.3 Å². The van der Waals surface area contributed by atoms with E-state index in [1.54, 1.807) is 29.9 Å². The maximum atomic E-state index is 12.3. The molecule has 1 fully saturated rings. The predicted octanol–water partition coefficient (Wildman–Crippen LogP) is 2.70. The first-order chi connectivity index (χ1) is 12.8. The van der Waals surface area contributed by atoms with E-state index < -0.39 is 0 Å². The number of hydrogen-bond acceptors (Lipinski definition) is 8. The number of rotatable bonds is 5. The van der Waals surface area contributed by atoms with Crippen molar-refractivity contribution in [1.82, 2.24) is 25.3 Å². The Kier molecular flexibility index (Phi) is 5.28. The summed E-state index contributed by atoms with van der Waals surface area (Å²) >= 11 is 3.03.